The number of halogens is 1. The van der Waals surface area contributed by atoms with Crippen molar-refractivity contribution in [2.75, 3.05) is 4.72 Å². The van der Waals surface area contributed by atoms with Crippen LogP contribution >= 0.6 is 0 Å². The summed E-state index contributed by atoms with van der Waals surface area (Å²) in [6, 6.07) is 30.2. The Morgan fingerprint density at radius 3 is 2.18 bits per heavy atom. The lowest BCUT2D eigenvalue weighted by atomic mass is 10.1. The molecule has 170 valence electrons. The molecule has 34 heavy (non-hydrogen) atoms. The number of rotatable bonds is 7. The summed E-state index contributed by atoms with van der Waals surface area (Å²) in [5, 5.41) is 0. The first-order valence-electron chi connectivity index (χ1n) is 10.9. The number of sulfonamides is 1. The maximum Gasteiger partial charge on any atom is 0.261 e. The zero-order valence-electron chi connectivity index (χ0n) is 18.2. The second-order valence-corrected chi connectivity index (χ2v) is 9.63. The molecule has 5 aromatic rings. The van der Waals surface area contributed by atoms with Gasteiger partial charge in [-0.15, -0.1) is 0 Å². The molecule has 0 unspecified atom stereocenters. The Morgan fingerprint density at radius 2 is 1.44 bits per heavy atom. The predicted molar refractivity (Wildman–Crippen MR) is 132 cm³/mol. The third kappa shape index (κ3) is 4.56. The molecule has 0 aliphatic carbocycles. The predicted octanol–water partition coefficient (Wildman–Crippen LogP) is 5.75. The summed E-state index contributed by atoms with van der Waals surface area (Å²) in [5.74, 6) is 0.484. The largest absolute Gasteiger partial charge is 0.296 e. The van der Waals surface area contributed by atoms with Crippen LogP contribution in [0.4, 0.5) is 10.1 Å². The first-order chi connectivity index (χ1) is 16.5. The number of hydrogen-bond acceptors (Lipinski definition) is 3. The smallest absolute Gasteiger partial charge is 0.261 e. The summed E-state index contributed by atoms with van der Waals surface area (Å²) in [6.07, 6.45) is 1.48. The fourth-order valence-corrected chi connectivity index (χ4v) is 4.99. The van der Waals surface area contributed by atoms with Crippen molar-refractivity contribution < 1.29 is 12.8 Å². The van der Waals surface area contributed by atoms with Crippen molar-refractivity contribution in [1.82, 2.24) is 9.55 Å². The van der Waals surface area contributed by atoms with Crippen LogP contribution in [-0.2, 0) is 22.9 Å². The van der Waals surface area contributed by atoms with E-state index in [-0.39, 0.29) is 4.90 Å². The van der Waals surface area contributed by atoms with Gasteiger partial charge in [0.1, 0.15) is 11.6 Å². The van der Waals surface area contributed by atoms with Gasteiger partial charge in [0.05, 0.1) is 15.9 Å². The van der Waals surface area contributed by atoms with Crippen molar-refractivity contribution in [1.29, 1.82) is 0 Å². The minimum atomic E-state index is -3.78. The fraction of sp³-hybridized carbons (Fsp3) is 0.0741. The van der Waals surface area contributed by atoms with E-state index >= 15 is 0 Å². The highest BCUT2D eigenvalue weighted by Gasteiger charge is 2.15. The molecule has 0 radical (unpaired) electrons. The Kier molecular flexibility index (Phi) is 5.86. The monoisotopic (exact) mass is 471 g/mol. The number of para-hydroxylation sites is 3. The molecule has 0 aliphatic rings. The highest BCUT2D eigenvalue weighted by molar-refractivity contribution is 7.92. The van der Waals surface area contributed by atoms with E-state index in [1.165, 1.54) is 12.1 Å². The minimum absolute atomic E-state index is 0.0118. The van der Waals surface area contributed by atoms with Gasteiger partial charge in [-0.25, -0.2) is 17.8 Å². The number of anilines is 1. The van der Waals surface area contributed by atoms with E-state index in [1.54, 1.807) is 12.1 Å². The van der Waals surface area contributed by atoms with Crippen LogP contribution in [0.1, 0.15) is 11.4 Å². The van der Waals surface area contributed by atoms with Crippen LogP contribution in [0.25, 0.3) is 16.7 Å². The number of benzene rings is 4. The third-order valence-corrected chi connectivity index (χ3v) is 7.01. The van der Waals surface area contributed by atoms with Crippen molar-refractivity contribution in [3.05, 3.63) is 120 Å². The van der Waals surface area contributed by atoms with E-state index in [4.69, 9.17) is 4.98 Å². The Balaban J connectivity index is 1.33. The quantitative estimate of drug-likeness (QED) is 0.329. The van der Waals surface area contributed by atoms with Gasteiger partial charge in [-0.3, -0.25) is 9.29 Å². The number of aryl methyl sites for hydroxylation is 2. The lowest BCUT2D eigenvalue weighted by Gasteiger charge is -2.10. The van der Waals surface area contributed by atoms with Crippen molar-refractivity contribution in [2.24, 2.45) is 0 Å². The van der Waals surface area contributed by atoms with Crippen LogP contribution in [0.5, 0.6) is 0 Å². The zero-order chi connectivity index (χ0) is 23.5. The number of fused-ring (bicyclic) bond motifs is 1. The van der Waals surface area contributed by atoms with Crippen molar-refractivity contribution in [3.8, 4) is 5.69 Å². The third-order valence-electron chi connectivity index (χ3n) is 5.61. The lowest BCUT2D eigenvalue weighted by molar-refractivity contribution is 0.599. The van der Waals surface area contributed by atoms with Gasteiger partial charge in [0.15, 0.2) is 0 Å². The molecular formula is C27H22FN3O2S. The van der Waals surface area contributed by atoms with Gasteiger partial charge in [-0.05, 0) is 72.6 Å². The minimum Gasteiger partial charge on any atom is -0.296 e. The fourth-order valence-electron chi connectivity index (χ4n) is 3.93. The molecule has 0 bridgehead atoms. The van der Waals surface area contributed by atoms with E-state index in [0.29, 0.717) is 5.69 Å². The molecular weight excluding hydrogens is 449 g/mol. The van der Waals surface area contributed by atoms with Gasteiger partial charge in [-0.2, -0.15) is 0 Å². The van der Waals surface area contributed by atoms with Crippen molar-refractivity contribution >= 4 is 26.7 Å². The van der Waals surface area contributed by atoms with E-state index < -0.39 is 15.8 Å². The van der Waals surface area contributed by atoms with Crippen LogP contribution in [0.2, 0.25) is 0 Å². The van der Waals surface area contributed by atoms with E-state index in [1.807, 2.05) is 48.5 Å². The highest BCUT2D eigenvalue weighted by atomic mass is 32.2. The van der Waals surface area contributed by atoms with Crippen LogP contribution in [0, 0.1) is 5.82 Å². The van der Waals surface area contributed by atoms with Crippen LogP contribution in [0.15, 0.2) is 108 Å². The molecule has 0 amide bonds. The summed E-state index contributed by atoms with van der Waals surface area (Å²) in [4.78, 5) is 4.87. The van der Waals surface area contributed by atoms with Gasteiger partial charge in [0, 0.05) is 17.8 Å². The molecule has 5 rings (SSSR count). The van der Waals surface area contributed by atoms with Gasteiger partial charge < -0.3 is 0 Å². The summed E-state index contributed by atoms with van der Waals surface area (Å²) >= 11 is 0. The highest BCUT2D eigenvalue weighted by Crippen LogP contribution is 2.23. The first-order valence-corrected chi connectivity index (χ1v) is 12.4. The summed E-state index contributed by atoms with van der Waals surface area (Å²) < 4.78 is 42.9. The second-order valence-electron chi connectivity index (χ2n) is 7.94. The molecule has 5 nitrogen and oxygen atoms in total. The molecule has 0 spiro atoms. The normalized spacial score (nSPS) is 11.6. The number of nitrogens with zero attached hydrogens (tertiary/aromatic N) is 2. The van der Waals surface area contributed by atoms with Crippen molar-refractivity contribution in [2.45, 2.75) is 17.7 Å². The topological polar surface area (TPSA) is 64.0 Å². The Labute approximate surface area is 197 Å². The van der Waals surface area contributed by atoms with Gasteiger partial charge in [0.2, 0.25) is 0 Å². The summed E-state index contributed by atoms with van der Waals surface area (Å²) in [5.41, 5.74) is 4.60. The van der Waals surface area contributed by atoms with Gasteiger partial charge >= 0.3 is 0 Å². The van der Waals surface area contributed by atoms with Gasteiger partial charge in [0.25, 0.3) is 10.0 Å². The maximum absolute atomic E-state index is 13.1. The van der Waals surface area contributed by atoms with Crippen LogP contribution < -0.4 is 4.72 Å². The van der Waals surface area contributed by atoms with Crippen LogP contribution in [0.3, 0.4) is 0 Å². The standard InChI is InChI=1S/C27H22FN3O2S/c28-21-13-17-24(18-14-21)34(32,33)30-22-15-10-20(11-16-22)12-19-27-29-25-8-4-5-9-26(25)31(27)23-6-2-1-3-7-23/h1-11,13-18,30H,12,19H2. The summed E-state index contributed by atoms with van der Waals surface area (Å²) in [7, 11) is -3.78. The summed E-state index contributed by atoms with van der Waals surface area (Å²) in [6.45, 7) is 0. The number of nitrogens with one attached hydrogen (secondary N) is 1. The number of hydrogen-bond donors (Lipinski definition) is 1. The SMILES string of the molecule is O=S(=O)(Nc1ccc(CCc2nc3ccccc3n2-c2ccccc2)cc1)c1ccc(F)cc1. The van der Waals surface area contributed by atoms with E-state index in [9.17, 15) is 12.8 Å². The first kappa shape index (κ1) is 21.9. The Hall–Kier alpha value is -3.97. The number of imidazole rings is 1. The van der Waals surface area contributed by atoms with E-state index in [0.717, 1.165) is 53.1 Å². The molecule has 1 aromatic heterocycles. The Morgan fingerprint density at radius 1 is 0.765 bits per heavy atom. The molecule has 0 saturated heterocycles. The molecule has 4 aromatic carbocycles. The van der Waals surface area contributed by atoms with E-state index in [2.05, 4.69) is 27.5 Å². The molecule has 0 aliphatic heterocycles. The Bertz CT molecular complexity index is 1530. The van der Waals surface area contributed by atoms with Crippen molar-refractivity contribution in [3.63, 3.8) is 0 Å². The molecule has 0 saturated carbocycles. The average Bonchev–Trinajstić information content (AvgIpc) is 3.23. The second kappa shape index (κ2) is 9.11. The van der Waals surface area contributed by atoms with Crippen LogP contribution in [-0.4, -0.2) is 18.0 Å². The molecule has 1 heterocycles. The molecule has 0 atom stereocenters. The average molecular weight is 472 g/mol. The zero-order valence-corrected chi connectivity index (χ0v) is 19.0. The molecule has 0 fully saturated rings. The molecule has 7 heteroatoms. The van der Waals surface area contributed by atoms with Gasteiger partial charge in [-0.1, -0.05) is 42.5 Å². The number of aromatic nitrogens is 2. The molecule has 1 N–H and O–H groups in total. The lowest BCUT2D eigenvalue weighted by Crippen LogP contribution is -2.12. The maximum atomic E-state index is 13.1.